The highest BCUT2D eigenvalue weighted by atomic mass is 16.5. The fourth-order valence-electron chi connectivity index (χ4n) is 1.53. The first-order chi connectivity index (χ1) is 7.86. The molecule has 0 spiro atoms. The lowest BCUT2D eigenvalue weighted by molar-refractivity contribution is 0.273. The predicted octanol–water partition coefficient (Wildman–Crippen LogP) is 2.22. The van der Waals surface area contributed by atoms with Gasteiger partial charge in [0.25, 0.3) is 0 Å². The molecule has 0 radical (unpaired) electrons. The fourth-order valence-corrected chi connectivity index (χ4v) is 1.53. The highest BCUT2D eigenvalue weighted by Crippen LogP contribution is 2.09. The molecule has 0 aromatic carbocycles. The summed E-state index contributed by atoms with van der Waals surface area (Å²) in [6.45, 7) is 4.11. The second kappa shape index (κ2) is 8.16. The molecule has 16 heavy (non-hydrogen) atoms. The van der Waals surface area contributed by atoms with Gasteiger partial charge in [-0.1, -0.05) is 13.3 Å². The van der Waals surface area contributed by atoms with Gasteiger partial charge in [0.05, 0.1) is 19.0 Å². The average molecular weight is 226 g/mol. The molecule has 0 aliphatic heterocycles. The summed E-state index contributed by atoms with van der Waals surface area (Å²) in [4.78, 5) is 0. The van der Waals surface area contributed by atoms with E-state index in [0.29, 0.717) is 6.61 Å². The maximum atomic E-state index is 8.61. The van der Waals surface area contributed by atoms with Crippen LogP contribution in [0.3, 0.4) is 0 Å². The molecule has 1 rings (SSSR count). The lowest BCUT2D eigenvalue weighted by atomic mass is 10.2. The van der Waals surface area contributed by atoms with Crippen molar-refractivity contribution in [3.63, 3.8) is 0 Å². The van der Waals surface area contributed by atoms with Crippen LogP contribution in [0.15, 0.2) is 12.4 Å². The predicted molar refractivity (Wildman–Crippen MR) is 63.6 cm³/mol. The number of aryl methyl sites for hydroxylation is 1. The van der Waals surface area contributed by atoms with E-state index in [2.05, 4.69) is 12.0 Å². The van der Waals surface area contributed by atoms with Crippen LogP contribution in [-0.2, 0) is 6.54 Å². The number of hydrogen-bond donors (Lipinski definition) is 1. The largest absolute Gasteiger partial charge is 0.490 e. The standard InChI is InChI=1S/C12H22N2O2/c1-2-7-14-11-12(10-13-14)16-9-6-4-3-5-8-15/h10-11,15H,2-9H2,1H3. The molecule has 4 heteroatoms. The van der Waals surface area contributed by atoms with Gasteiger partial charge >= 0.3 is 0 Å². The minimum Gasteiger partial charge on any atom is -0.490 e. The summed E-state index contributed by atoms with van der Waals surface area (Å²) in [6, 6.07) is 0. The van der Waals surface area contributed by atoms with Crippen LogP contribution in [0.5, 0.6) is 5.75 Å². The number of rotatable bonds is 9. The zero-order valence-corrected chi connectivity index (χ0v) is 10.1. The second-order valence-electron chi connectivity index (χ2n) is 3.93. The topological polar surface area (TPSA) is 47.3 Å². The number of aromatic nitrogens is 2. The number of aliphatic hydroxyl groups excluding tert-OH is 1. The molecule has 0 aliphatic carbocycles. The van der Waals surface area contributed by atoms with E-state index in [1.165, 1.54) is 0 Å². The molecule has 1 aromatic rings. The number of ether oxygens (including phenoxy) is 1. The van der Waals surface area contributed by atoms with Gasteiger partial charge < -0.3 is 9.84 Å². The normalized spacial score (nSPS) is 10.6. The first kappa shape index (κ1) is 13.0. The lowest BCUT2D eigenvalue weighted by Crippen LogP contribution is -1.98. The van der Waals surface area contributed by atoms with Gasteiger partial charge in [-0.15, -0.1) is 0 Å². The van der Waals surface area contributed by atoms with E-state index >= 15 is 0 Å². The molecule has 1 heterocycles. The van der Waals surface area contributed by atoms with Crippen molar-refractivity contribution in [2.75, 3.05) is 13.2 Å². The molecule has 0 aliphatic rings. The Morgan fingerprint density at radius 1 is 1.31 bits per heavy atom. The third-order valence-electron chi connectivity index (χ3n) is 2.38. The molecule has 0 atom stereocenters. The molecule has 4 nitrogen and oxygen atoms in total. The molecule has 92 valence electrons. The van der Waals surface area contributed by atoms with Gasteiger partial charge in [-0.2, -0.15) is 5.10 Å². The smallest absolute Gasteiger partial charge is 0.157 e. The van der Waals surface area contributed by atoms with Crippen LogP contribution in [-0.4, -0.2) is 28.1 Å². The van der Waals surface area contributed by atoms with Crippen molar-refractivity contribution < 1.29 is 9.84 Å². The van der Waals surface area contributed by atoms with Gasteiger partial charge in [0.2, 0.25) is 0 Å². The van der Waals surface area contributed by atoms with Crippen molar-refractivity contribution in [1.82, 2.24) is 9.78 Å². The van der Waals surface area contributed by atoms with Gasteiger partial charge in [0.1, 0.15) is 0 Å². The monoisotopic (exact) mass is 226 g/mol. The van der Waals surface area contributed by atoms with E-state index in [4.69, 9.17) is 9.84 Å². The summed E-state index contributed by atoms with van der Waals surface area (Å²) in [5, 5.41) is 12.8. The SMILES string of the molecule is CCCn1cc(OCCCCCCO)cn1. The summed E-state index contributed by atoms with van der Waals surface area (Å²) >= 11 is 0. The molecule has 1 N–H and O–H groups in total. The van der Waals surface area contributed by atoms with Crippen LogP contribution >= 0.6 is 0 Å². The average Bonchev–Trinajstić information content (AvgIpc) is 2.72. The molecule has 0 unspecified atom stereocenters. The molecular weight excluding hydrogens is 204 g/mol. The van der Waals surface area contributed by atoms with E-state index < -0.39 is 0 Å². The minimum absolute atomic E-state index is 0.296. The Morgan fingerprint density at radius 3 is 2.88 bits per heavy atom. The van der Waals surface area contributed by atoms with E-state index in [9.17, 15) is 0 Å². The molecule has 1 aromatic heterocycles. The van der Waals surface area contributed by atoms with Crippen molar-refractivity contribution in [3.05, 3.63) is 12.4 Å². The maximum Gasteiger partial charge on any atom is 0.157 e. The van der Waals surface area contributed by atoms with Crippen LogP contribution in [0.4, 0.5) is 0 Å². The number of hydrogen-bond acceptors (Lipinski definition) is 3. The van der Waals surface area contributed by atoms with E-state index in [-0.39, 0.29) is 0 Å². The van der Waals surface area contributed by atoms with E-state index in [1.54, 1.807) is 6.20 Å². The van der Waals surface area contributed by atoms with Crippen molar-refractivity contribution in [2.45, 2.75) is 45.6 Å². The highest BCUT2D eigenvalue weighted by Gasteiger charge is 1.98. The quantitative estimate of drug-likeness (QED) is 0.657. The Hall–Kier alpha value is -1.03. The molecule has 0 saturated heterocycles. The van der Waals surface area contributed by atoms with Crippen LogP contribution in [0.1, 0.15) is 39.0 Å². The van der Waals surface area contributed by atoms with Gasteiger partial charge in [0.15, 0.2) is 5.75 Å². The van der Waals surface area contributed by atoms with E-state index in [1.807, 2.05) is 10.9 Å². The molecule has 0 fully saturated rings. The van der Waals surface area contributed by atoms with Crippen molar-refractivity contribution in [2.24, 2.45) is 0 Å². The summed E-state index contributed by atoms with van der Waals surface area (Å²) in [5.41, 5.74) is 0. The molecule has 0 bridgehead atoms. The Balaban J connectivity index is 2.07. The Morgan fingerprint density at radius 2 is 2.12 bits per heavy atom. The van der Waals surface area contributed by atoms with Gasteiger partial charge in [-0.25, -0.2) is 0 Å². The number of unbranched alkanes of at least 4 members (excludes halogenated alkanes) is 3. The summed E-state index contributed by atoms with van der Waals surface area (Å²) < 4.78 is 7.47. The Kier molecular flexibility index (Phi) is 6.65. The van der Waals surface area contributed by atoms with Crippen LogP contribution < -0.4 is 4.74 Å². The van der Waals surface area contributed by atoms with Crippen LogP contribution in [0.25, 0.3) is 0 Å². The minimum atomic E-state index is 0.296. The van der Waals surface area contributed by atoms with E-state index in [0.717, 1.165) is 51.0 Å². The van der Waals surface area contributed by atoms with Gasteiger partial charge in [-0.05, 0) is 25.7 Å². The highest BCUT2D eigenvalue weighted by molar-refractivity contribution is 5.11. The fraction of sp³-hybridized carbons (Fsp3) is 0.750. The van der Waals surface area contributed by atoms with Gasteiger partial charge in [-0.3, -0.25) is 4.68 Å². The van der Waals surface area contributed by atoms with Crippen LogP contribution in [0, 0.1) is 0 Å². The van der Waals surface area contributed by atoms with Crippen molar-refractivity contribution >= 4 is 0 Å². The van der Waals surface area contributed by atoms with Crippen molar-refractivity contribution in [1.29, 1.82) is 0 Å². The zero-order chi connectivity index (χ0) is 11.6. The second-order valence-corrected chi connectivity index (χ2v) is 3.93. The van der Waals surface area contributed by atoms with Gasteiger partial charge in [0, 0.05) is 13.2 Å². The first-order valence-corrected chi connectivity index (χ1v) is 6.13. The number of nitrogens with zero attached hydrogens (tertiary/aromatic N) is 2. The number of aliphatic hydroxyl groups is 1. The summed E-state index contributed by atoms with van der Waals surface area (Å²) in [5.74, 6) is 0.857. The van der Waals surface area contributed by atoms with Crippen molar-refractivity contribution in [3.8, 4) is 5.75 Å². The third-order valence-corrected chi connectivity index (χ3v) is 2.38. The molecule has 0 saturated carbocycles. The summed E-state index contributed by atoms with van der Waals surface area (Å²) in [6.07, 6.45) is 8.93. The Bertz CT molecular complexity index is 274. The first-order valence-electron chi connectivity index (χ1n) is 6.13. The zero-order valence-electron chi connectivity index (χ0n) is 10.1. The maximum absolute atomic E-state index is 8.61. The Labute approximate surface area is 97.2 Å². The van der Waals surface area contributed by atoms with Crippen LogP contribution in [0.2, 0.25) is 0 Å². The molecular formula is C12H22N2O2. The lowest BCUT2D eigenvalue weighted by Gasteiger charge is -2.02. The summed E-state index contributed by atoms with van der Waals surface area (Å²) in [7, 11) is 0. The third kappa shape index (κ3) is 5.16. The molecule has 0 amide bonds.